The van der Waals surface area contributed by atoms with E-state index in [9.17, 15) is 0 Å². The number of hydrogen-bond acceptors (Lipinski definition) is 10. The zero-order valence-corrected chi connectivity index (χ0v) is 39.8. The number of aryl methyl sites for hydroxylation is 2. The van der Waals surface area contributed by atoms with E-state index < -0.39 is 0 Å². The number of benzene rings is 4. The quantitative estimate of drug-likeness (QED) is 0.0809. The summed E-state index contributed by atoms with van der Waals surface area (Å²) in [4.78, 5) is 33.2. The van der Waals surface area contributed by atoms with Gasteiger partial charge in [-0.3, -0.25) is 4.98 Å². The van der Waals surface area contributed by atoms with Gasteiger partial charge in [0.2, 0.25) is 0 Å². The normalized spacial score (nSPS) is 10.9. The van der Waals surface area contributed by atoms with E-state index in [0.29, 0.717) is 5.82 Å². The minimum atomic E-state index is 0.671. The Morgan fingerprint density at radius 1 is 0.493 bits per heavy atom. The van der Waals surface area contributed by atoms with Crippen LogP contribution in [0.4, 0.5) is 11.6 Å². The van der Waals surface area contributed by atoms with Crippen LogP contribution >= 0.6 is 11.3 Å². The zero-order chi connectivity index (χ0) is 47.0. The van der Waals surface area contributed by atoms with E-state index in [-0.39, 0.29) is 0 Å². The number of imidazole rings is 2. The molecule has 0 aliphatic carbocycles. The molecule has 344 valence electrons. The molecule has 4 aromatic carbocycles. The number of pyridine rings is 1. The van der Waals surface area contributed by atoms with Gasteiger partial charge in [-0.25, -0.2) is 29.9 Å². The molecule has 0 saturated heterocycles. The van der Waals surface area contributed by atoms with Crippen molar-refractivity contribution in [3.8, 4) is 22.1 Å². The molecule has 0 spiro atoms. The summed E-state index contributed by atoms with van der Waals surface area (Å²) in [6.45, 7) is 1.66. The van der Waals surface area contributed by atoms with Gasteiger partial charge in [-0.1, -0.05) is 140 Å². The van der Waals surface area contributed by atoms with Crippen molar-refractivity contribution in [3.63, 3.8) is 0 Å². The smallest absolute Gasteiger partial charge is 0.173 e. The van der Waals surface area contributed by atoms with Crippen molar-refractivity contribution in [2.24, 2.45) is 14.1 Å². The summed E-state index contributed by atoms with van der Waals surface area (Å²) in [6.07, 6.45) is 18.1. The fourth-order valence-corrected chi connectivity index (χ4v) is 8.78. The third-order valence-electron chi connectivity index (χ3n) is 11.7. The van der Waals surface area contributed by atoms with E-state index in [1.807, 2.05) is 46.8 Å². The number of thiophene rings is 1. The van der Waals surface area contributed by atoms with Gasteiger partial charge in [0.25, 0.3) is 0 Å². The van der Waals surface area contributed by atoms with Crippen molar-refractivity contribution in [2.75, 3.05) is 23.7 Å². The van der Waals surface area contributed by atoms with Crippen molar-refractivity contribution in [1.29, 1.82) is 0 Å². The van der Waals surface area contributed by atoms with Gasteiger partial charge in [0.15, 0.2) is 34.6 Å². The Balaban J connectivity index is 0.000000172. The predicted octanol–water partition coefficient (Wildman–Crippen LogP) is 12.9. The standard InChI is InChI=1S/C29H28N6.C28H27N5S/c1-35-21-32-26-28(33-27(34-29(26)35)24-16-19-30-20-17-24)31-18-10-4-9-15-25(22-11-5-2-6-12-22)23-13-7-3-8-14-23;1-33-20-30-25-27(31-26(32-28(25)33)24-17-11-19-34-24)29-18-10-4-9-16-23(21-12-5-2-6-13-21)22-14-7-3-8-15-22/h2-3,5-8,11-17,19-21H,4,9-10,18H2,1H3,(H,31,33,34);2-3,5-8,11-17,19-20H,4,9-10,18H2,1H3,(H,29,31,32). The summed E-state index contributed by atoms with van der Waals surface area (Å²) in [5.74, 6) is 2.99. The van der Waals surface area contributed by atoms with E-state index in [1.165, 1.54) is 33.4 Å². The first-order valence-electron chi connectivity index (χ1n) is 23.5. The SMILES string of the molecule is Cn1cnc2c(NCCCCC=C(c3ccccc3)c3ccccc3)nc(-c3cccs3)nc21.Cn1cnc2c(NCCCCC=C(c3ccccc3)c3ccccc3)nc(-c3ccncc3)nc21. The maximum atomic E-state index is 4.78. The van der Waals surface area contributed by atoms with Crippen LogP contribution in [0.2, 0.25) is 0 Å². The first kappa shape index (κ1) is 46.0. The highest BCUT2D eigenvalue weighted by molar-refractivity contribution is 7.13. The molecular formula is C57H55N11S. The average molecular weight is 926 g/mol. The summed E-state index contributed by atoms with van der Waals surface area (Å²) < 4.78 is 3.87. The number of fused-ring (bicyclic) bond motifs is 2. The molecule has 0 aliphatic rings. The van der Waals surface area contributed by atoms with Gasteiger partial charge in [0.05, 0.1) is 17.5 Å². The summed E-state index contributed by atoms with van der Waals surface area (Å²) in [7, 11) is 3.92. The van der Waals surface area contributed by atoms with Gasteiger partial charge >= 0.3 is 0 Å². The van der Waals surface area contributed by atoms with Crippen LogP contribution in [-0.2, 0) is 14.1 Å². The van der Waals surface area contributed by atoms with Crippen LogP contribution in [0, 0.1) is 0 Å². The molecule has 0 aliphatic heterocycles. The fourth-order valence-electron chi connectivity index (χ4n) is 8.13. The maximum absolute atomic E-state index is 4.78. The van der Waals surface area contributed by atoms with Crippen LogP contribution in [0.1, 0.15) is 60.8 Å². The Bertz CT molecular complexity index is 3140. The molecule has 0 bridgehead atoms. The summed E-state index contributed by atoms with van der Waals surface area (Å²) in [6, 6.07) is 50.3. The molecule has 6 aromatic heterocycles. The number of nitrogens with one attached hydrogen (secondary N) is 2. The minimum Gasteiger partial charge on any atom is -0.368 e. The molecule has 0 unspecified atom stereocenters. The second kappa shape index (κ2) is 23.1. The largest absolute Gasteiger partial charge is 0.368 e. The summed E-state index contributed by atoms with van der Waals surface area (Å²) in [5.41, 5.74) is 11.8. The predicted molar refractivity (Wildman–Crippen MR) is 284 cm³/mol. The Kier molecular flexibility index (Phi) is 15.4. The first-order valence-corrected chi connectivity index (χ1v) is 24.4. The number of unbranched alkanes of at least 4 members (excludes halogenated alkanes) is 4. The number of nitrogens with zero attached hydrogens (tertiary/aromatic N) is 9. The monoisotopic (exact) mass is 925 g/mol. The molecule has 0 fully saturated rings. The lowest BCUT2D eigenvalue weighted by molar-refractivity contribution is 0.777. The summed E-state index contributed by atoms with van der Waals surface area (Å²) in [5, 5.41) is 9.06. The minimum absolute atomic E-state index is 0.671. The molecule has 11 nitrogen and oxygen atoms in total. The van der Waals surface area contributed by atoms with E-state index in [4.69, 9.17) is 19.9 Å². The molecule has 69 heavy (non-hydrogen) atoms. The van der Waals surface area contributed by atoms with Gasteiger partial charge in [-0.05, 0) is 95.5 Å². The van der Waals surface area contributed by atoms with Crippen molar-refractivity contribution >= 4 is 56.4 Å². The van der Waals surface area contributed by atoms with Gasteiger partial charge in [-0.2, -0.15) is 0 Å². The molecule has 6 heterocycles. The first-order chi connectivity index (χ1) is 34.1. The molecule has 0 saturated carbocycles. The molecule has 0 amide bonds. The second-order valence-corrected chi connectivity index (χ2v) is 17.6. The molecular weight excluding hydrogens is 871 g/mol. The van der Waals surface area contributed by atoms with Crippen molar-refractivity contribution in [1.82, 2.24) is 44.0 Å². The average Bonchev–Trinajstić information content (AvgIpc) is 4.18. The third-order valence-corrected chi connectivity index (χ3v) is 12.5. The number of rotatable bonds is 18. The van der Waals surface area contributed by atoms with Gasteiger partial charge in [-0.15, -0.1) is 11.3 Å². The summed E-state index contributed by atoms with van der Waals surface area (Å²) >= 11 is 1.65. The highest BCUT2D eigenvalue weighted by Crippen LogP contribution is 2.29. The Labute approximate surface area is 407 Å². The Morgan fingerprint density at radius 2 is 0.928 bits per heavy atom. The number of aromatic nitrogens is 9. The van der Waals surface area contributed by atoms with Crippen LogP contribution in [0.3, 0.4) is 0 Å². The van der Waals surface area contributed by atoms with E-state index in [1.54, 1.807) is 36.4 Å². The third kappa shape index (κ3) is 11.7. The van der Waals surface area contributed by atoms with E-state index in [0.717, 1.165) is 102 Å². The van der Waals surface area contributed by atoms with Gasteiger partial charge < -0.3 is 19.8 Å². The molecule has 10 rings (SSSR count). The van der Waals surface area contributed by atoms with Crippen LogP contribution in [0.5, 0.6) is 0 Å². The lowest BCUT2D eigenvalue weighted by Crippen LogP contribution is -2.06. The molecule has 10 aromatic rings. The van der Waals surface area contributed by atoms with Crippen molar-refractivity contribution in [3.05, 3.63) is 210 Å². The van der Waals surface area contributed by atoms with Crippen molar-refractivity contribution < 1.29 is 0 Å². The Hall–Kier alpha value is -8.09. The number of allylic oxidation sites excluding steroid dienone is 2. The van der Waals surface area contributed by atoms with Crippen molar-refractivity contribution in [2.45, 2.75) is 38.5 Å². The van der Waals surface area contributed by atoms with Crippen LogP contribution in [0.25, 0.3) is 55.6 Å². The molecule has 0 radical (unpaired) electrons. The van der Waals surface area contributed by atoms with E-state index >= 15 is 0 Å². The topological polar surface area (TPSA) is 124 Å². The molecule has 0 atom stereocenters. The van der Waals surface area contributed by atoms with E-state index in [2.05, 4.69) is 165 Å². The number of anilines is 2. The maximum Gasteiger partial charge on any atom is 0.173 e. The number of hydrogen-bond donors (Lipinski definition) is 2. The Morgan fingerprint density at radius 3 is 1.36 bits per heavy atom. The lowest BCUT2D eigenvalue weighted by Gasteiger charge is -2.10. The van der Waals surface area contributed by atoms with Gasteiger partial charge in [0, 0.05) is 45.1 Å². The van der Waals surface area contributed by atoms with Crippen LogP contribution in [-0.4, -0.2) is 57.1 Å². The highest BCUT2D eigenvalue weighted by atomic mass is 32.1. The molecule has 12 heteroatoms. The second-order valence-electron chi connectivity index (χ2n) is 16.6. The highest BCUT2D eigenvalue weighted by Gasteiger charge is 2.15. The fraction of sp³-hybridized carbons (Fsp3) is 0.175. The van der Waals surface area contributed by atoms with Gasteiger partial charge in [0.1, 0.15) is 11.0 Å². The lowest BCUT2D eigenvalue weighted by atomic mass is 9.96. The van der Waals surface area contributed by atoms with Crippen LogP contribution in [0.15, 0.2) is 188 Å². The zero-order valence-electron chi connectivity index (χ0n) is 39.0. The van der Waals surface area contributed by atoms with Crippen LogP contribution < -0.4 is 10.6 Å². The molecule has 2 N–H and O–H groups in total.